The fourth-order valence-corrected chi connectivity index (χ4v) is 1.89. The molecule has 0 fully saturated rings. The number of aromatic nitrogens is 2. The highest BCUT2D eigenvalue weighted by Crippen LogP contribution is 2.14. The second-order valence-corrected chi connectivity index (χ2v) is 5.25. The van der Waals surface area contributed by atoms with Crippen LogP contribution in [0, 0.1) is 5.92 Å². The highest BCUT2D eigenvalue weighted by atomic mass is 16.5. The Balaban J connectivity index is 2.44. The topological polar surface area (TPSA) is 73.2 Å². The number of hydrogen-bond acceptors (Lipinski definition) is 4. The molecular formula is C16H19N3O3. The second-order valence-electron chi connectivity index (χ2n) is 5.25. The number of rotatable bonds is 5. The maximum Gasteiger partial charge on any atom is 0.275 e. The number of amides is 1. The Bertz CT molecular complexity index is 708. The molecule has 0 aliphatic carbocycles. The van der Waals surface area contributed by atoms with Crippen LogP contribution >= 0.6 is 0 Å². The van der Waals surface area contributed by atoms with Crippen molar-refractivity contribution in [2.75, 3.05) is 13.7 Å². The molecule has 1 aromatic heterocycles. The molecule has 0 atom stereocenters. The fraction of sp³-hybridized carbons (Fsp3) is 0.312. The zero-order valence-corrected chi connectivity index (χ0v) is 12.9. The summed E-state index contributed by atoms with van der Waals surface area (Å²) < 4.78 is 6.30. The third-order valence-electron chi connectivity index (χ3n) is 3.00. The number of ether oxygens (including phenoxy) is 1. The van der Waals surface area contributed by atoms with Crippen molar-refractivity contribution in [2.24, 2.45) is 5.92 Å². The summed E-state index contributed by atoms with van der Waals surface area (Å²) in [5, 5.41) is 6.93. The lowest BCUT2D eigenvalue weighted by Gasteiger charge is -2.12. The van der Waals surface area contributed by atoms with Crippen LogP contribution in [0.3, 0.4) is 0 Å². The van der Waals surface area contributed by atoms with Gasteiger partial charge in [-0.2, -0.15) is 9.78 Å². The van der Waals surface area contributed by atoms with Gasteiger partial charge in [-0.25, -0.2) is 0 Å². The van der Waals surface area contributed by atoms with Gasteiger partial charge in [0.2, 0.25) is 0 Å². The maximum atomic E-state index is 12.3. The van der Waals surface area contributed by atoms with Crippen LogP contribution in [0.4, 0.5) is 0 Å². The van der Waals surface area contributed by atoms with E-state index in [4.69, 9.17) is 4.74 Å². The zero-order valence-electron chi connectivity index (χ0n) is 12.9. The van der Waals surface area contributed by atoms with Crippen LogP contribution in [0.25, 0.3) is 5.69 Å². The van der Waals surface area contributed by atoms with Crippen molar-refractivity contribution in [3.63, 3.8) is 0 Å². The molecule has 6 heteroatoms. The zero-order chi connectivity index (χ0) is 16.1. The summed E-state index contributed by atoms with van der Waals surface area (Å²) in [4.78, 5) is 24.4. The van der Waals surface area contributed by atoms with Crippen LogP contribution in [-0.4, -0.2) is 29.3 Å². The Morgan fingerprint density at radius 1 is 1.32 bits per heavy atom. The van der Waals surface area contributed by atoms with Crippen molar-refractivity contribution in [2.45, 2.75) is 13.8 Å². The number of carbonyl (C=O) groups is 1. The molecule has 0 spiro atoms. The molecule has 0 saturated heterocycles. The minimum absolute atomic E-state index is 0.0894. The molecule has 6 nitrogen and oxygen atoms in total. The molecule has 1 amide bonds. The number of benzene rings is 1. The van der Waals surface area contributed by atoms with Gasteiger partial charge in [-0.05, 0) is 18.1 Å². The first-order valence-corrected chi connectivity index (χ1v) is 7.05. The Morgan fingerprint density at radius 3 is 2.59 bits per heavy atom. The predicted molar refractivity (Wildman–Crippen MR) is 83.6 cm³/mol. The lowest BCUT2D eigenvalue weighted by molar-refractivity contribution is 0.0938. The smallest absolute Gasteiger partial charge is 0.275 e. The molecule has 1 heterocycles. The molecule has 1 aromatic carbocycles. The number of nitrogens with zero attached hydrogens (tertiary/aromatic N) is 2. The summed E-state index contributed by atoms with van der Waals surface area (Å²) in [6, 6.07) is 10.2. The minimum atomic E-state index is -0.366. The van der Waals surface area contributed by atoms with Crippen molar-refractivity contribution in [3.8, 4) is 11.4 Å². The summed E-state index contributed by atoms with van der Waals surface area (Å²) >= 11 is 0. The van der Waals surface area contributed by atoms with Gasteiger partial charge < -0.3 is 10.1 Å². The molecule has 0 aliphatic rings. The number of methoxy groups -OCH3 is 1. The lowest BCUT2D eigenvalue weighted by atomic mass is 10.2. The summed E-state index contributed by atoms with van der Waals surface area (Å²) in [6.45, 7) is 4.51. The summed E-state index contributed by atoms with van der Waals surface area (Å²) in [5.74, 6) is 0.114. The first-order valence-electron chi connectivity index (χ1n) is 7.05. The van der Waals surface area contributed by atoms with Crippen molar-refractivity contribution in [1.29, 1.82) is 0 Å². The van der Waals surface area contributed by atoms with E-state index in [-0.39, 0.29) is 22.9 Å². The van der Waals surface area contributed by atoms with Gasteiger partial charge in [0.25, 0.3) is 11.5 Å². The SMILES string of the molecule is COc1cc(=O)n(-c2ccccc2)nc1C(=O)NCC(C)C. The Hall–Kier alpha value is -2.63. The standard InChI is InChI=1S/C16H19N3O3/c1-11(2)10-17-16(21)15-13(22-3)9-14(20)19(18-15)12-7-5-4-6-8-12/h4-9,11H,10H2,1-3H3,(H,17,21). The molecular weight excluding hydrogens is 282 g/mol. The van der Waals surface area contributed by atoms with Crippen LogP contribution in [0.5, 0.6) is 5.75 Å². The van der Waals surface area contributed by atoms with Crippen LogP contribution in [0.15, 0.2) is 41.2 Å². The van der Waals surface area contributed by atoms with Crippen molar-refractivity contribution >= 4 is 5.91 Å². The number of nitrogens with one attached hydrogen (secondary N) is 1. The molecule has 116 valence electrons. The third kappa shape index (κ3) is 3.52. The van der Waals surface area contributed by atoms with Gasteiger partial charge in [-0.1, -0.05) is 32.0 Å². The van der Waals surface area contributed by atoms with Crippen LogP contribution < -0.4 is 15.6 Å². The normalized spacial score (nSPS) is 10.5. The quantitative estimate of drug-likeness (QED) is 0.911. The van der Waals surface area contributed by atoms with Crippen molar-refractivity contribution in [1.82, 2.24) is 15.1 Å². The molecule has 0 saturated carbocycles. The monoisotopic (exact) mass is 301 g/mol. The Kier molecular flexibility index (Phi) is 4.93. The van der Waals surface area contributed by atoms with Crippen molar-refractivity contribution < 1.29 is 9.53 Å². The second kappa shape index (κ2) is 6.89. The molecule has 0 aliphatic heterocycles. The van der Waals surface area contributed by atoms with E-state index in [9.17, 15) is 9.59 Å². The number of carbonyl (C=O) groups excluding carboxylic acids is 1. The van der Waals surface area contributed by atoms with E-state index in [0.29, 0.717) is 18.2 Å². The van der Waals surface area contributed by atoms with E-state index < -0.39 is 0 Å². The predicted octanol–water partition coefficient (Wildman–Crippen LogP) is 1.63. The van der Waals surface area contributed by atoms with Crippen LogP contribution in [0.1, 0.15) is 24.3 Å². The van der Waals surface area contributed by atoms with E-state index in [1.165, 1.54) is 17.9 Å². The molecule has 0 bridgehead atoms. The Labute approximate surface area is 128 Å². The van der Waals surface area contributed by atoms with E-state index in [0.717, 1.165) is 0 Å². The average Bonchev–Trinajstić information content (AvgIpc) is 2.53. The van der Waals surface area contributed by atoms with E-state index in [1.807, 2.05) is 19.9 Å². The highest BCUT2D eigenvalue weighted by molar-refractivity contribution is 5.94. The van der Waals surface area contributed by atoms with Crippen LogP contribution in [0.2, 0.25) is 0 Å². The maximum absolute atomic E-state index is 12.3. The van der Waals surface area contributed by atoms with Crippen molar-refractivity contribution in [3.05, 3.63) is 52.4 Å². The average molecular weight is 301 g/mol. The third-order valence-corrected chi connectivity index (χ3v) is 3.00. The first-order chi connectivity index (χ1) is 10.5. The van der Waals surface area contributed by atoms with E-state index in [2.05, 4.69) is 10.4 Å². The molecule has 0 radical (unpaired) electrons. The summed E-state index contributed by atoms with van der Waals surface area (Å²) in [7, 11) is 1.41. The van der Waals surface area contributed by atoms with Gasteiger partial charge >= 0.3 is 0 Å². The van der Waals surface area contributed by atoms with Gasteiger partial charge in [-0.3, -0.25) is 9.59 Å². The number of para-hydroxylation sites is 1. The largest absolute Gasteiger partial charge is 0.494 e. The van der Waals surface area contributed by atoms with E-state index in [1.54, 1.807) is 24.3 Å². The highest BCUT2D eigenvalue weighted by Gasteiger charge is 2.17. The van der Waals surface area contributed by atoms with Gasteiger partial charge in [0.05, 0.1) is 18.9 Å². The summed E-state index contributed by atoms with van der Waals surface area (Å²) in [6.07, 6.45) is 0. The van der Waals surface area contributed by atoms with Gasteiger partial charge in [0.15, 0.2) is 11.4 Å². The fourth-order valence-electron chi connectivity index (χ4n) is 1.89. The molecule has 22 heavy (non-hydrogen) atoms. The molecule has 0 unspecified atom stereocenters. The van der Waals surface area contributed by atoms with Gasteiger partial charge in [0.1, 0.15) is 0 Å². The van der Waals surface area contributed by atoms with E-state index >= 15 is 0 Å². The first kappa shape index (κ1) is 15.8. The lowest BCUT2D eigenvalue weighted by Crippen LogP contribution is -2.31. The molecule has 1 N–H and O–H groups in total. The minimum Gasteiger partial charge on any atom is -0.494 e. The van der Waals surface area contributed by atoms with Gasteiger partial charge in [-0.15, -0.1) is 0 Å². The Morgan fingerprint density at radius 2 is 2.00 bits per heavy atom. The molecule has 2 aromatic rings. The van der Waals surface area contributed by atoms with Crippen LogP contribution in [-0.2, 0) is 0 Å². The van der Waals surface area contributed by atoms with Gasteiger partial charge in [0, 0.05) is 6.54 Å². The molecule has 2 rings (SSSR count). The summed E-state index contributed by atoms with van der Waals surface area (Å²) in [5.41, 5.74) is 0.322. The number of hydrogen-bond donors (Lipinski definition) is 1.